The molecule has 4 atom stereocenters. The Hall–Kier alpha value is -2.78. The van der Waals surface area contributed by atoms with Crippen LogP contribution in [0.1, 0.15) is 55.7 Å². The van der Waals surface area contributed by atoms with Crippen molar-refractivity contribution in [3.63, 3.8) is 0 Å². The van der Waals surface area contributed by atoms with Crippen molar-refractivity contribution in [1.29, 1.82) is 0 Å². The molecule has 1 aromatic carbocycles. The van der Waals surface area contributed by atoms with Gasteiger partial charge in [-0.15, -0.1) is 0 Å². The average molecular weight is 505 g/mol. The maximum Gasteiger partial charge on any atom is 0.388 e. The van der Waals surface area contributed by atoms with Crippen LogP contribution in [-0.2, 0) is 21.5 Å². The number of benzene rings is 1. The topological polar surface area (TPSA) is 90.0 Å². The number of fused-ring (bicyclic) bond motifs is 2. The quantitative estimate of drug-likeness (QED) is 0.629. The lowest BCUT2D eigenvalue weighted by Crippen LogP contribution is -2.56. The molecular weight excluding hydrogens is 478 g/mol. The molecule has 1 unspecified atom stereocenters. The molecule has 0 aliphatic carbocycles. The second-order valence-electron chi connectivity index (χ2n) is 9.61. The highest BCUT2D eigenvalue weighted by molar-refractivity contribution is 6.32. The number of pyridine rings is 1. The summed E-state index contributed by atoms with van der Waals surface area (Å²) in [5, 5.41) is 0.491. The molecule has 2 saturated heterocycles. The predicted molar refractivity (Wildman–Crippen MR) is 126 cm³/mol. The molecule has 0 saturated carbocycles. The molecule has 10 heteroatoms. The monoisotopic (exact) mass is 504 g/mol. The maximum absolute atomic E-state index is 13.3. The number of rotatable bonds is 6. The van der Waals surface area contributed by atoms with Gasteiger partial charge in [-0.2, -0.15) is 8.78 Å². The van der Waals surface area contributed by atoms with Gasteiger partial charge < -0.3 is 15.2 Å². The first-order valence-electron chi connectivity index (χ1n) is 11.7. The van der Waals surface area contributed by atoms with Crippen molar-refractivity contribution in [1.82, 2.24) is 9.88 Å². The SMILES string of the molecule is C[C@@]1(c2cccc(Cc3ccc(OC(F)F)nc3)c2Cl)CC(=O)N(C2C[C@H]3CC[C@@H](C2)O3)C(N)=N1. The van der Waals surface area contributed by atoms with Crippen LogP contribution in [0.2, 0.25) is 5.02 Å². The highest BCUT2D eigenvalue weighted by atomic mass is 35.5. The van der Waals surface area contributed by atoms with Gasteiger partial charge in [0.05, 0.1) is 24.2 Å². The Labute approximate surface area is 207 Å². The molecule has 3 aliphatic rings. The highest BCUT2D eigenvalue weighted by Gasteiger charge is 2.45. The number of aromatic nitrogens is 1. The number of hydrogen-bond acceptors (Lipinski definition) is 6. The lowest BCUT2D eigenvalue weighted by Gasteiger charge is -2.42. The lowest BCUT2D eigenvalue weighted by atomic mass is 9.85. The van der Waals surface area contributed by atoms with Gasteiger partial charge in [-0.1, -0.05) is 35.9 Å². The molecule has 1 amide bonds. The lowest BCUT2D eigenvalue weighted by molar-refractivity contribution is -0.134. The number of ether oxygens (including phenoxy) is 2. The minimum absolute atomic E-state index is 0.00776. The summed E-state index contributed by atoms with van der Waals surface area (Å²) in [4.78, 5) is 23.7. The van der Waals surface area contributed by atoms with E-state index in [1.165, 1.54) is 12.3 Å². The van der Waals surface area contributed by atoms with Gasteiger partial charge in [0.25, 0.3) is 0 Å². The normalized spacial score (nSPS) is 28.4. The molecule has 0 spiro atoms. The number of alkyl halides is 2. The standard InChI is InChI=1S/C25H27ClF2N4O3/c1-25(12-21(33)32(24(29)31-25)16-10-17-6-7-18(11-16)34-17)19-4-2-3-15(22(19)26)9-14-5-8-20(30-13-14)35-23(27)28/h2-5,8,13,16-18,23H,6-7,9-12H2,1H3,(H2,29,31)/t16?,17-,18+,25-/m0/s1. The largest absolute Gasteiger partial charge is 0.417 e. The van der Waals surface area contributed by atoms with Crippen molar-refractivity contribution in [2.45, 2.75) is 75.8 Å². The number of carbonyl (C=O) groups excluding carboxylic acids is 1. The Kier molecular flexibility index (Phi) is 6.40. The van der Waals surface area contributed by atoms with Crippen molar-refractivity contribution < 1.29 is 23.0 Å². The molecule has 3 aliphatic heterocycles. The number of amides is 1. The second-order valence-corrected chi connectivity index (χ2v) is 9.98. The minimum Gasteiger partial charge on any atom is -0.417 e. The third-order valence-corrected chi connectivity index (χ3v) is 7.51. The Morgan fingerprint density at radius 3 is 2.63 bits per heavy atom. The zero-order valence-electron chi connectivity index (χ0n) is 19.3. The molecule has 7 nitrogen and oxygen atoms in total. The summed E-state index contributed by atoms with van der Waals surface area (Å²) in [6, 6.07) is 8.66. The van der Waals surface area contributed by atoms with E-state index < -0.39 is 12.2 Å². The number of nitrogens with two attached hydrogens (primary N) is 1. The maximum atomic E-state index is 13.3. The molecule has 2 bridgehead atoms. The molecule has 0 radical (unpaired) electrons. The number of carbonyl (C=O) groups is 1. The average Bonchev–Trinajstić information content (AvgIpc) is 3.13. The van der Waals surface area contributed by atoms with Gasteiger partial charge in [-0.3, -0.25) is 9.69 Å². The summed E-state index contributed by atoms with van der Waals surface area (Å²) < 4.78 is 35.0. The van der Waals surface area contributed by atoms with Crippen molar-refractivity contribution in [3.05, 3.63) is 58.2 Å². The summed E-state index contributed by atoms with van der Waals surface area (Å²) in [6.45, 7) is -1.06. The van der Waals surface area contributed by atoms with E-state index in [-0.39, 0.29) is 42.4 Å². The first-order chi connectivity index (χ1) is 16.7. The summed E-state index contributed by atoms with van der Waals surface area (Å²) in [5.41, 5.74) is 7.78. The fourth-order valence-corrected chi connectivity index (χ4v) is 5.87. The van der Waals surface area contributed by atoms with Gasteiger partial charge >= 0.3 is 6.61 Å². The third-order valence-electron chi connectivity index (χ3n) is 7.06. The van der Waals surface area contributed by atoms with Crippen LogP contribution in [0.3, 0.4) is 0 Å². The third kappa shape index (κ3) is 4.84. The van der Waals surface area contributed by atoms with Crippen LogP contribution in [0.15, 0.2) is 41.5 Å². The molecular formula is C25H27ClF2N4O3. The Morgan fingerprint density at radius 1 is 1.26 bits per heavy atom. The number of halogens is 3. The zero-order chi connectivity index (χ0) is 24.7. The van der Waals surface area contributed by atoms with Crippen LogP contribution in [0.5, 0.6) is 5.88 Å². The van der Waals surface area contributed by atoms with Gasteiger partial charge in [0.15, 0.2) is 5.96 Å². The Bertz CT molecular complexity index is 1130. The second kappa shape index (κ2) is 9.35. The van der Waals surface area contributed by atoms with E-state index in [0.717, 1.165) is 36.8 Å². The summed E-state index contributed by atoms with van der Waals surface area (Å²) >= 11 is 6.81. The van der Waals surface area contributed by atoms with E-state index in [4.69, 9.17) is 27.1 Å². The zero-order valence-corrected chi connectivity index (χ0v) is 20.0. The first-order valence-corrected chi connectivity index (χ1v) is 12.1. The Morgan fingerprint density at radius 2 is 2.00 bits per heavy atom. The highest BCUT2D eigenvalue weighted by Crippen LogP contribution is 2.41. The van der Waals surface area contributed by atoms with Crippen molar-refractivity contribution in [3.8, 4) is 5.88 Å². The van der Waals surface area contributed by atoms with Crippen LogP contribution in [0, 0.1) is 0 Å². The van der Waals surface area contributed by atoms with E-state index in [2.05, 4.69) is 9.72 Å². The molecule has 186 valence electrons. The van der Waals surface area contributed by atoms with Gasteiger partial charge in [0.1, 0.15) is 0 Å². The predicted octanol–water partition coefficient (Wildman–Crippen LogP) is 4.40. The van der Waals surface area contributed by atoms with Gasteiger partial charge in [0.2, 0.25) is 11.8 Å². The van der Waals surface area contributed by atoms with Gasteiger partial charge in [-0.05, 0) is 49.3 Å². The van der Waals surface area contributed by atoms with E-state index in [1.54, 1.807) is 11.0 Å². The van der Waals surface area contributed by atoms with Crippen molar-refractivity contribution >= 4 is 23.5 Å². The van der Waals surface area contributed by atoms with Crippen molar-refractivity contribution in [2.75, 3.05) is 0 Å². The first kappa shape index (κ1) is 23.9. The molecule has 2 aromatic rings. The minimum atomic E-state index is -2.93. The number of aliphatic imine (C=N–C) groups is 1. The molecule has 1 aromatic heterocycles. The summed E-state index contributed by atoms with van der Waals surface area (Å²) in [5.74, 6) is 0.00524. The fraction of sp³-hybridized carbons (Fsp3) is 0.480. The molecule has 5 rings (SSSR count). The Balaban J connectivity index is 1.37. The number of nitrogens with zero attached hydrogens (tertiary/aromatic N) is 3. The van der Waals surface area contributed by atoms with Crippen molar-refractivity contribution in [2.24, 2.45) is 10.7 Å². The van der Waals surface area contributed by atoms with Gasteiger partial charge in [-0.25, -0.2) is 9.98 Å². The van der Waals surface area contributed by atoms with Crippen LogP contribution in [0.4, 0.5) is 8.78 Å². The number of hydrogen-bond donors (Lipinski definition) is 1. The van der Waals surface area contributed by atoms with E-state index in [1.807, 2.05) is 25.1 Å². The molecule has 2 N–H and O–H groups in total. The van der Waals surface area contributed by atoms with Crippen LogP contribution in [0.25, 0.3) is 0 Å². The summed E-state index contributed by atoms with van der Waals surface area (Å²) in [7, 11) is 0. The molecule has 2 fully saturated rings. The van der Waals surface area contributed by atoms with E-state index >= 15 is 0 Å². The van der Waals surface area contributed by atoms with Crippen LogP contribution < -0.4 is 10.5 Å². The van der Waals surface area contributed by atoms with Crippen LogP contribution >= 0.6 is 11.6 Å². The van der Waals surface area contributed by atoms with Crippen LogP contribution in [-0.4, -0.2) is 46.6 Å². The summed E-state index contributed by atoms with van der Waals surface area (Å²) in [6.07, 6.45) is 6.03. The van der Waals surface area contributed by atoms with E-state index in [9.17, 15) is 13.6 Å². The fourth-order valence-electron chi connectivity index (χ4n) is 5.47. The molecule has 4 heterocycles. The molecule has 35 heavy (non-hydrogen) atoms. The van der Waals surface area contributed by atoms with Gasteiger partial charge in [0, 0.05) is 29.7 Å². The van der Waals surface area contributed by atoms with E-state index in [0.29, 0.717) is 17.0 Å². The number of guanidine groups is 1. The smallest absolute Gasteiger partial charge is 0.388 e.